The molecule has 0 spiro atoms. The first-order chi connectivity index (χ1) is 9.95. The number of nitrogens with one attached hydrogen (secondary N) is 1. The van der Waals surface area contributed by atoms with Gasteiger partial charge in [0.2, 0.25) is 0 Å². The van der Waals surface area contributed by atoms with Crippen LogP contribution in [0.4, 0.5) is 11.4 Å². The highest BCUT2D eigenvalue weighted by Crippen LogP contribution is 2.29. The molecule has 0 amide bonds. The predicted octanol–water partition coefficient (Wildman–Crippen LogP) is 4.37. The Balaban J connectivity index is 2.84. The summed E-state index contributed by atoms with van der Waals surface area (Å²) in [6, 6.07) is 5.12. The molecule has 0 aliphatic heterocycles. The summed E-state index contributed by atoms with van der Waals surface area (Å²) in [6.07, 6.45) is 2.03. The second kappa shape index (κ2) is 8.62. The van der Waals surface area contributed by atoms with Crippen LogP contribution in [0, 0.1) is 16.0 Å². The average Bonchev–Trinajstić information content (AvgIpc) is 2.42. The minimum Gasteiger partial charge on any atom is -0.379 e. The van der Waals surface area contributed by atoms with Crippen LogP contribution in [0.5, 0.6) is 0 Å². The van der Waals surface area contributed by atoms with Gasteiger partial charge in [0, 0.05) is 18.2 Å². The molecule has 0 aliphatic rings. The summed E-state index contributed by atoms with van der Waals surface area (Å²) in [5, 5.41) is 14.3. The number of rotatable bonds is 9. The number of nitro groups is 1. The summed E-state index contributed by atoms with van der Waals surface area (Å²) >= 11 is 0. The van der Waals surface area contributed by atoms with Crippen molar-refractivity contribution >= 4 is 11.4 Å². The molecule has 1 aromatic rings. The van der Waals surface area contributed by atoms with Gasteiger partial charge in [-0.3, -0.25) is 10.1 Å². The van der Waals surface area contributed by atoms with Gasteiger partial charge in [0.1, 0.15) is 5.69 Å². The van der Waals surface area contributed by atoms with Crippen LogP contribution in [0.15, 0.2) is 18.2 Å². The number of ether oxygens (including phenoxy) is 1. The van der Waals surface area contributed by atoms with Gasteiger partial charge in [0.25, 0.3) is 5.69 Å². The number of anilines is 1. The third-order valence-corrected chi connectivity index (χ3v) is 3.20. The van der Waals surface area contributed by atoms with E-state index in [2.05, 4.69) is 19.2 Å². The number of hydrogen-bond donors (Lipinski definition) is 1. The summed E-state index contributed by atoms with van der Waals surface area (Å²) in [5.74, 6) is 0.572. The highest BCUT2D eigenvalue weighted by molar-refractivity contribution is 5.66. The summed E-state index contributed by atoms with van der Waals surface area (Å²) in [6.45, 7) is 9.48. The molecule has 0 radical (unpaired) electrons. The summed E-state index contributed by atoms with van der Waals surface area (Å²) in [4.78, 5) is 10.8. The van der Waals surface area contributed by atoms with Gasteiger partial charge in [-0.1, -0.05) is 32.9 Å². The molecule has 1 aromatic carbocycles. The lowest BCUT2D eigenvalue weighted by molar-refractivity contribution is -0.384. The Morgan fingerprint density at radius 1 is 1.33 bits per heavy atom. The molecule has 118 valence electrons. The summed E-state index contributed by atoms with van der Waals surface area (Å²) in [7, 11) is 0. The molecule has 1 N–H and O–H groups in total. The van der Waals surface area contributed by atoms with Crippen molar-refractivity contribution in [2.24, 2.45) is 5.92 Å². The second-order valence-corrected chi connectivity index (χ2v) is 5.75. The van der Waals surface area contributed by atoms with Gasteiger partial charge in [-0.15, -0.1) is 0 Å². The van der Waals surface area contributed by atoms with Crippen LogP contribution >= 0.6 is 0 Å². The monoisotopic (exact) mass is 294 g/mol. The van der Waals surface area contributed by atoms with Gasteiger partial charge in [-0.05, 0) is 25.7 Å². The predicted molar refractivity (Wildman–Crippen MR) is 85.6 cm³/mol. The van der Waals surface area contributed by atoms with E-state index in [0.717, 1.165) is 18.4 Å². The fourth-order valence-electron chi connectivity index (χ4n) is 2.28. The van der Waals surface area contributed by atoms with E-state index in [1.165, 1.54) is 6.07 Å². The fourth-order valence-corrected chi connectivity index (χ4v) is 2.28. The van der Waals surface area contributed by atoms with E-state index in [1.807, 2.05) is 19.9 Å². The Morgan fingerprint density at radius 2 is 2.05 bits per heavy atom. The Morgan fingerprint density at radius 3 is 2.62 bits per heavy atom. The van der Waals surface area contributed by atoms with Crippen molar-refractivity contribution in [3.63, 3.8) is 0 Å². The Kier molecular flexibility index (Phi) is 7.15. The number of para-hydroxylation sites is 1. The first-order valence-electron chi connectivity index (χ1n) is 7.57. The molecule has 0 bridgehead atoms. The van der Waals surface area contributed by atoms with Crippen molar-refractivity contribution in [2.45, 2.75) is 53.2 Å². The van der Waals surface area contributed by atoms with Gasteiger partial charge in [0.05, 0.1) is 17.6 Å². The third-order valence-electron chi connectivity index (χ3n) is 3.20. The lowest BCUT2D eigenvalue weighted by Gasteiger charge is -2.17. The zero-order valence-electron chi connectivity index (χ0n) is 13.4. The van der Waals surface area contributed by atoms with Gasteiger partial charge >= 0.3 is 0 Å². The van der Waals surface area contributed by atoms with Gasteiger partial charge in [0.15, 0.2) is 0 Å². The highest BCUT2D eigenvalue weighted by Gasteiger charge is 2.17. The van der Waals surface area contributed by atoms with Crippen LogP contribution in [0.2, 0.25) is 0 Å². The van der Waals surface area contributed by atoms with E-state index in [0.29, 0.717) is 24.8 Å². The van der Waals surface area contributed by atoms with Crippen molar-refractivity contribution < 1.29 is 9.66 Å². The first kappa shape index (κ1) is 17.4. The van der Waals surface area contributed by atoms with Gasteiger partial charge in [-0.2, -0.15) is 0 Å². The fraction of sp³-hybridized carbons (Fsp3) is 0.625. The average molecular weight is 294 g/mol. The lowest BCUT2D eigenvalue weighted by atomic mass is 10.1. The first-order valence-corrected chi connectivity index (χ1v) is 7.57. The Hall–Kier alpha value is -1.62. The zero-order valence-corrected chi connectivity index (χ0v) is 13.4. The summed E-state index contributed by atoms with van der Waals surface area (Å²) < 4.78 is 5.83. The minimum absolute atomic E-state index is 0.112. The molecule has 0 saturated carbocycles. The van der Waals surface area contributed by atoms with E-state index in [9.17, 15) is 10.1 Å². The molecular formula is C16H26N2O3. The zero-order chi connectivity index (χ0) is 15.8. The van der Waals surface area contributed by atoms with E-state index in [-0.39, 0.29) is 16.7 Å². The molecular weight excluding hydrogens is 268 g/mol. The van der Waals surface area contributed by atoms with E-state index < -0.39 is 0 Å². The van der Waals surface area contributed by atoms with E-state index in [4.69, 9.17) is 4.74 Å². The molecule has 1 atom stereocenters. The standard InChI is InChI=1S/C16H26N2O3/c1-5-9-17-16-14(7-6-8-15(16)18(19)20)11-21-13(4)10-12(2)3/h6-8,12-13,17H,5,9-11H2,1-4H3. The van der Waals surface area contributed by atoms with E-state index >= 15 is 0 Å². The van der Waals surface area contributed by atoms with Crippen molar-refractivity contribution in [2.75, 3.05) is 11.9 Å². The maximum atomic E-state index is 11.1. The molecule has 0 heterocycles. The number of nitrogens with zero attached hydrogens (tertiary/aromatic N) is 1. The van der Waals surface area contributed by atoms with Crippen LogP contribution in [0.1, 0.15) is 46.1 Å². The molecule has 0 aromatic heterocycles. The van der Waals surface area contributed by atoms with Crippen molar-refractivity contribution in [1.29, 1.82) is 0 Å². The topological polar surface area (TPSA) is 64.4 Å². The van der Waals surface area contributed by atoms with Gasteiger partial charge in [-0.25, -0.2) is 0 Å². The van der Waals surface area contributed by atoms with Crippen molar-refractivity contribution in [3.05, 3.63) is 33.9 Å². The third kappa shape index (κ3) is 5.71. The smallest absolute Gasteiger partial charge is 0.292 e. The number of hydrogen-bond acceptors (Lipinski definition) is 4. The molecule has 5 heteroatoms. The Bertz CT molecular complexity index is 461. The second-order valence-electron chi connectivity index (χ2n) is 5.75. The number of nitro benzene ring substituents is 1. The lowest BCUT2D eigenvalue weighted by Crippen LogP contribution is -2.13. The molecule has 0 saturated heterocycles. The van der Waals surface area contributed by atoms with Crippen molar-refractivity contribution in [3.8, 4) is 0 Å². The maximum Gasteiger partial charge on any atom is 0.292 e. The van der Waals surface area contributed by atoms with Crippen molar-refractivity contribution in [1.82, 2.24) is 0 Å². The largest absolute Gasteiger partial charge is 0.379 e. The normalized spacial score (nSPS) is 12.4. The van der Waals surface area contributed by atoms with Crippen LogP contribution in [0.25, 0.3) is 0 Å². The quantitative estimate of drug-likeness (QED) is 0.542. The molecule has 0 aliphatic carbocycles. The van der Waals surface area contributed by atoms with Crippen LogP contribution in [0.3, 0.4) is 0 Å². The van der Waals surface area contributed by atoms with Crippen LogP contribution < -0.4 is 5.32 Å². The van der Waals surface area contributed by atoms with Crippen LogP contribution in [-0.2, 0) is 11.3 Å². The molecule has 1 unspecified atom stereocenters. The number of benzene rings is 1. The highest BCUT2D eigenvalue weighted by atomic mass is 16.6. The molecule has 1 rings (SSSR count). The molecule has 5 nitrogen and oxygen atoms in total. The molecule has 0 fully saturated rings. The molecule has 21 heavy (non-hydrogen) atoms. The van der Waals surface area contributed by atoms with Gasteiger partial charge < -0.3 is 10.1 Å². The van der Waals surface area contributed by atoms with Crippen LogP contribution in [-0.4, -0.2) is 17.6 Å². The maximum absolute atomic E-state index is 11.1. The van der Waals surface area contributed by atoms with E-state index in [1.54, 1.807) is 6.07 Å². The SMILES string of the molecule is CCCNc1c(COC(C)CC(C)C)cccc1[N+](=O)[O-]. The summed E-state index contributed by atoms with van der Waals surface area (Å²) in [5.41, 5.74) is 1.54. The minimum atomic E-state index is -0.348. The Labute approximate surface area is 126 Å².